The molecule has 2 heterocycles. The van der Waals surface area contributed by atoms with Gasteiger partial charge in [-0.05, 0) is 31.0 Å². The van der Waals surface area contributed by atoms with Crippen LogP contribution < -0.4 is 5.32 Å². The molecule has 20 heavy (non-hydrogen) atoms. The Morgan fingerprint density at radius 2 is 2.30 bits per heavy atom. The molecule has 2 atom stereocenters. The fourth-order valence-electron chi connectivity index (χ4n) is 2.36. The van der Waals surface area contributed by atoms with Crippen molar-refractivity contribution in [2.75, 3.05) is 13.7 Å². The molecule has 1 fully saturated rings. The first-order valence-corrected chi connectivity index (χ1v) is 7.33. The monoisotopic (exact) mass is 337 g/mol. The SMILES string of the molecule is COC1CNC(c2nc(-c3ccc(C)cc3Br)no2)C1. The van der Waals surface area contributed by atoms with Gasteiger partial charge >= 0.3 is 0 Å². The third kappa shape index (κ3) is 2.63. The number of nitrogens with one attached hydrogen (secondary N) is 1. The molecule has 1 aliphatic rings. The van der Waals surface area contributed by atoms with Gasteiger partial charge in [0.2, 0.25) is 11.7 Å². The van der Waals surface area contributed by atoms with Gasteiger partial charge in [-0.2, -0.15) is 4.98 Å². The van der Waals surface area contributed by atoms with E-state index in [-0.39, 0.29) is 12.1 Å². The number of methoxy groups -OCH3 is 1. The van der Waals surface area contributed by atoms with E-state index in [1.165, 1.54) is 5.56 Å². The summed E-state index contributed by atoms with van der Waals surface area (Å²) in [6.45, 7) is 2.86. The number of halogens is 1. The number of ether oxygens (including phenoxy) is 1. The second-order valence-corrected chi connectivity index (χ2v) is 5.85. The molecule has 0 spiro atoms. The van der Waals surface area contributed by atoms with Gasteiger partial charge < -0.3 is 14.6 Å². The fraction of sp³-hybridized carbons (Fsp3) is 0.429. The van der Waals surface area contributed by atoms with Crippen LogP contribution in [0.5, 0.6) is 0 Å². The minimum absolute atomic E-state index is 0.0745. The maximum Gasteiger partial charge on any atom is 0.244 e. The van der Waals surface area contributed by atoms with Gasteiger partial charge in [0.15, 0.2) is 0 Å². The molecule has 106 valence electrons. The zero-order valence-electron chi connectivity index (χ0n) is 11.4. The first-order chi connectivity index (χ1) is 9.67. The summed E-state index contributed by atoms with van der Waals surface area (Å²) in [4.78, 5) is 4.50. The second kappa shape index (κ2) is 5.63. The van der Waals surface area contributed by atoms with Gasteiger partial charge in [-0.25, -0.2) is 0 Å². The predicted molar refractivity (Wildman–Crippen MR) is 78.3 cm³/mol. The number of nitrogens with zero attached hydrogens (tertiary/aromatic N) is 2. The molecule has 0 amide bonds. The van der Waals surface area contributed by atoms with E-state index in [0.717, 1.165) is 23.0 Å². The lowest BCUT2D eigenvalue weighted by Crippen LogP contribution is -2.16. The van der Waals surface area contributed by atoms with E-state index in [4.69, 9.17) is 9.26 Å². The summed E-state index contributed by atoms with van der Waals surface area (Å²) in [5, 5.41) is 7.40. The van der Waals surface area contributed by atoms with Crippen molar-refractivity contribution in [2.45, 2.75) is 25.5 Å². The van der Waals surface area contributed by atoms with Crippen molar-refractivity contribution in [3.63, 3.8) is 0 Å². The fourth-order valence-corrected chi connectivity index (χ4v) is 3.03. The molecule has 6 heteroatoms. The molecule has 1 aromatic carbocycles. The first-order valence-electron chi connectivity index (χ1n) is 6.53. The van der Waals surface area contributed by atoms with Crippen LogP contribution in [0, 0.1) is 6.92 Å². The van der Waals surface area contributed by atoms with E-state index in [2.05, 4.69) is 31.4 Å². The minimum atomic E-state index is 0.0745. The van der Waals surface area contributed by atoms with Gasteiger partial charge in [0.05, 0.1) is 12.1 Å². The van der Waals surface area contributed by atoms with E-state index >= 15 is 0 Å². The van der Waals surface area contributed by atoms with Crippen molar-refractivity contribution in [2.24, 2.45) is 0 Å². The van der Waals surface area contributed by atoms with Crippen LogP contribution in [0.25, 0.3) is 11.4 Å². The Morgan fingerprint density at radius 3 is 3.00 bits per heavy atom. The molecule has 2 unspecified atom stereocenters. The lowest BCUT2D eigenvalue weighted by Gasteiger charge is -2.04. The lowest BCUT2D eigenvalue weighted by atomic mass is 10.1. The molecule has 0 aliphatic carbocycles. The van der Waals surface area contributed by atoms with Crippen molar-refractivity contribution < 1.29 is 9.26 Å². The van der Waals surface area contributed by atoms with Gasteiger partial charge in [-0.3, -0.25) is 0 Å². The molecule has 1 N–H and O–H groups in total. The Bertz CT molecular complexity index is 614. The van der Waals surface area contributed by atoms with Gasteiger partial charge in [-0.15, -0.1) is 0 Å². The van der Waals surface area contributed by atoms with E-state index in [9.17, 15) is 0 Å². The van der Waals surface area contributed by atoms with Crippen LogP contribution >= 0.6 is 15.9 Å². The largest absolute Gasteiger partial charge is 0.380 e. The van der Waals surface area contributed by atoms with Crippen LogP contribution in [0.1, 0.15) is 23.9 Å². The van der Waals surface area contributed by atoms with Gasteiger partial charge in [0, 0.05) is 23.7 Å². The van der Waals surface area contributed by atoms with E-state index in [1.807, 2.05) is 25.1 Å². The number of aryl methyl sites for hydroxylation is 1. The summed E-state index contributed by atoms with van der Waals surface area (Å²) in [5.41, 5.74) is 2.12. The van der Waals surface area contributed by atoms with Crippen molar-refractivity contribution in [3.8, 4) is 11.4 Å². The molecule has 5 nitrogen and oxygen atoms in total. The van der Waals surface area contributed by atoms with Crippen LogP contribution in [0.2, 0.25) is 0 Å². The van der Waals surface area contributed by atoms with Gasteiger partial charge in [0.25, 0.3) is 0 Å². The van der Waals surface area contributed by atoms with E-state index < -0.39 is 0 Å². The van der Waals surface area contributed by atoms with Crippen molar-refractivity contribution in [1.29, 1.82) is 0 Å². The third-order valence-corrected chi connectivity index (χ3v) is 4.19. The van der Waals surface area contributed by atoms with Crippen LogP contribution in [-0.2, 0) is 4.74 Å². The van der Waals surface area contributed by atoms with Crippen molar-refractivity contribution >= 4 is 15.9 Å². The normalized spacial score (nSPS) is 22.4. The van der Waals surface area contributed by atoms with Crippen molar-refractivity contribution in [1.82, 2.24) is 15.5 Å². The van der Waals surface area contributed by atoms with E-state index in [1.54, 1.807) is 7.11 Å². The van der Waals surface area contributed by atoms with Crippen LogP contribution in [0.4, 0.5) is 0 Å². The Hall–Kier alpha value is -1.24. The maximum absolute atomic E-state index is 5.38. The third-order valence-electron chi connectivity index (χ3n) is 3.53. The average Bonchev–Trinajstić information content (AvgIpc) is 3.07. The average molecular weight is 338 g/mol. The molecule has 1 saturated heterocycles. The number of hydrogen-bond donors (Lipinski definition) is 1. The number of rotatable bonds is 3. The van der Waals surface area contributed by atoms with Crippen molar-refractivity contribution in [3.05, 3.63) is 34.1 Å². The highest BCUT2D eigenvalue weighted by Gasteiger charge is 2.29. The highest BCUT2D eigenvalue weighted by Crippen LogP contribution is 2.29. The van der Waals surface area contributed by atoms with E-state index in [0.29, 0.717) is 11.7 Å². The standard InChI is InChI=1S/C14H16BrN3O2/c1-8-3-4-10(11(15)5-8)13-17-14(20-18-13)12-6-9(19-2)7-16-12/h3-5,9,12,16H,6-7H2,1-2H3. The van der Waals surface area contributed by atoms with Crippen LogP contribution in [0.3, 0.4) is 0 Å². The molecule has 3 rings (SSSR count). The van der Waals surface area contributed by atoms with Crippen LogP contribution in [-0.4, -0.2) is 29.9 Å². The van der Waals surface area contributed by atoms with Gasteiger partial charge in [0.1, 0.15) is 0 Å². The molecule has 1 aromatic heterocycles. The molecule has 2 aromatic rings. The summed E-state index contributed by atoms with van der Waals surface area (Å²) in [6, 6.07) is 6.14. The number of aromatic nitrogens is 2. The van der Waals surface area contributed by atoms with Gasteiger partial charge in [-0.1, -0.05) is 27.2 Å². The molecule has 0 saturated carbocycles. The Kier molecular flexibility index (Phi) is 3.87. The smallest absolute Gasteiger partial charge is 0.244 e. The Labute approximate surface area is 125 Å². The van der Waals surface area contributed by atoms with Crippen LogP contribution in [0.15, 0.2) is 27.2 Å². The zero-order valence-corrected chi connectivity index (χ0v) is 13.0. The minimum Gasteiger partial charge on any atom is -0.380 e. The summed E-state index contributed by atoms with van der Waals surface area (Å²) in [6.07, 6.45) is 1.06. The first kappa shape index (κ1) is 13.7. The molecule has 1 aliphatic heterocycles. The molecule has 0 bridgehead atoms. The maximum atomic E-state index is 5.38. The quantitative estimate of drug-likeness (QED) is 0.933. The number of hydrogen-bond acceptors (Lipinski definition) is 5. The lowest BCUT2D eigenvalue weighted by molar-refractivity contribution is 0.116. The summed E-state index contributed by atoms with van der Waals surface area (Å²) in [7, 11) is 1.72. The number of benzene rings is 1. The highest BCUT2D eigenvalue weighted by atomic mass is 79.9. The zero-order chi connectivity index (χ0) is 14.1. The summed E-state index contributed by atoms with van der Waals surface area (Å²) < 4.78 is 11.7. The Balaban J connectivity index is 1.83. The predicted octanol–water partition coefficient (Wildman–Crippen LogP) is 2.86. The molecular formula is C14H16BrN3O2. The summed E-state index contributed by atoms with van der Waals surface area (Å²) in [5.74, 6) is 1.22. The Morgan fingerprint density at radius 1 is 1.45 bits per heavy atom. The molecular weight excluding hydrogens is 322 g/mol. The molecule has 0 radical (unpaired) electrons. The second-order valence-electron chi connectivity index (χ2n) is 4.99. The highest BCUT2D eigenvalue weighted by molar-refractivity contribution is 9.10. The summed E-state index contributed by atoms with van der Waals surface area (Å²) >= 11 is 3.54. The topological polar surface area (TPSA) is 60.2 Å².